The van der Waals surface area contributed by atoms with Crippen molar-refractivity contribution in [1.82, 2.24) is 9.97 Å². The van der Waals surface area contributed by atoms with Crippen LogP contribution in [0.4, 0.5) is 10.1 Å². The molecule has 0 unspecified atom stereocenters. The molecule has 8 heteroatoms. The summed E-state index contributed by atoms with van der Waals surface area (Å²) in [5, 5.41) is 3.55. The average Bonchev–Trinajstić information content (AvgIpc) is 3.28. The Morgan fingerprint density at radius 2 is 1.70 bits per heavy atom. The van der Waals surface area contributed by atoms with Gasteiger partial charge in [0.15, 0.2) is 11.5 Å². The highest BCUT2D eigenvalue weighted by atomic mass is 32.2. The molecule has 33 heavy (non-hydrogen) atoms. The maximum absolute atomic E-state index is 13.3. The number of imidazole rings is 1. The van der Waals surface area contributed by atoms with Gasteiger partial charge in [0.25, 0.3) is 0 Å². The van der Waals surface area contributed by atoms with Crippen molar-refractivity contribution in [2.45, 2.75) is 5.03 Å². The number of amides is 1. The first-order chi connectivity index (χ1) is 16.1. The molecule has 1 amide bonds. The fraction of sp³-hybridized carbons (Fsp3) is 0.120. The molecule has 0 spiro atoms. The Bertz CT molecular complexity index is 1240. The number of benzene rings is 3. The van der Waals surface area contributed by atoms with E-state index >= 15 is 0 Å². The quantitative estimate of drug-likeness (QED) is 0.331. The predicted molar refractivity (Wildman–Crippen MR) is 128 cm³/mol. The van der Waals surface area contributed by atoms with Crippen LogP contribution in [0, 0.1) is 5.82 Å². The number of H-pyrrole nitrogens is 1. The van der Waals surface area contributed by atoms with Crippen molar-refractivity contribution in [1.29, 1.82) is 0 Å². The first-order valence-electron chi connectivity index (χ1n) is 10.1. The maximum Gasteiger partial charge on any atom is 0.234 e. The van der Waals surface area contributed by atoms with Gasteiger partial charge in [-0.25, -0.2) is 9.37 Å². The van der Waals surface area contributed by atoms with Gasteiger partial charge in [-0.1, -0.05) is 42.1 Å². The van der Waals surface area contributed by atoms with Crippen LogP contribution >= 0.6 is 11.8 Å². The number of hydrogen-bond acceptors (Lipinski definition) is 5. The molecule has 0 aliphatic carbocycles. The number of aromatic nitrogens is 2. The molecule has 6 nitrogen and oxygen atoms in total. The largest absolute Gasteiger partial charge is 0.493 e. The van der Waals surface area contributed by atoms with E-state index < -0.39 is 0 Å². The normalized spacial score (nSPS) is 10.6. The summed E-state index contributed by atoms with van der Waals surface area (Å²) in [5.41, 5.74) is 3.12. The first-order valence-corrected chi connectivity index (χ1v) is 11.1. The minimum Gasteiger partial charge on any atom is -0.493 e. The number of aromatic amines is 1. The van der Waals surface area contributed by atoms with Crippen molar-refractivity contribution < 1.29 is 18.7 Å². The Hall–Kier alpha value is -3.78. The highest BCUT2D eigenvalue weighted by Gasteiger charge is 2.16. The summed E-state index contributed by atoms with van der Waals surface area (Å²) in [5.74, 6) is 1.39. The second kappa shape index (κ2) is 10.2. The summed E-state index contributed by atoms with van der Waals surface area (Å²) in [6.45, 7) is 0. The van der Waals surface area contributed by atoms with E-state index in [1.165, 1.54) is 23.9 Å². The van der Waals surface area contributed by atoms with Crippen LogP contribution in [-0.2, 0) is 4.79 Å². The van der Waals surface area contributed by atoms with Crippen molar-refractivity contribution in [3.8, 4) is 34.1 Å². The van der Waals surface area contributed by atoms with E-state index in [9.17, 15) is 9.18 Å². The Morgan fingerprint density at radius 1 is 0.970 bits per heavy atom. The van der Waals surface area contributed by atoms with Crippen LogP contribution in [0.2, 0.25) is 0 Å². The third-order valence-electron chi connectivity index (χ3n) is 4.86. The number of hydrogen-bond donors (Lipinski definition) is 2. The monoisotopic (exact) mass is 463 g/mol. The van der Waals surface area contributed by atoms with Crippen molar-refractivity contribution >= 4 is 23.4 Å². The van der Waals surface area contributed by atoms with Crippen LogP contribution in [0.25, 0.3) is 22.6 Å². The molecule has 0 saturated carbocycles. The third kappa shape index (κ3) is 5.35. The molecule has 4 rings (SSSR count). The van der Waals surface area contributed by atoms with Crippen molar-refractivity contribution in [2.24, 2.45) is 0 Å². The van der Waals surface area contributed by atoms with Gasteiger partial charge in [-0.15, -0.1) is 0 Å². The summed E-state index contributed by atoms with van der Waals surface area (Å²) in [7, 11) is 3.10. The molecule has 168 valence electrons. The van der Waals surface area contributed by atoms with Gasteiger partial charge in [-0.05, 0) is 36.4 Å². The van der Waals surface area contributed by atoms with Crippen LogP contribution in [-0.4, -0.2) is 35.8 Å². The molecule has 0 atom stereocenters. The van der Waals surface area contributed by atoms with E-state index in [1.807, 2.05) is 30.3 Å². The van der Waals surface area contributed by atoms with Gasteiger partial charge in [-0.2, -0.15) is 0 Å². The van der Waals surface area contributed by atoms with Crippen LogP contribution in [0.5, 0.6) is 11.5 Å². The maximum atomic E-state index is 13.3. The van der Waals surface area contributed by atoms with E-state index in [-0.39, 0.29) is 17.5 Å². The van der Waals surface area contributed by atoms with Crippen LogP contribution in [0.1, 0.15) is 0 Å². The lowest BCUT2D eigenvalue weighted by atomic mass is 10.2. The van der Waals surface area contributed by atoms with Crippen LogP contribution in [0.3, 0.4) is 0 Å². The zero-order chi connectivity index (χ0) is 23.2. The zero-order valence-corrected chi connectivity index (χ0v) is 18.9. The Morgan fingerprint density at radius 3 is 2.39 bits per heavy atom. The second-order valence-electron chi connectivity index (χ2n) is 7.05. The van der Waals surface area contributed by atoms with E-state index in [2.05, 4.69) is 15.3 Å². The molecule has 0 fully saturated rings. The summed E-state index contributed by atoms with van der Waals surface area (Å²) in [6, 6.07) is 21.1. The van der Waals surface area contributed by atoms with E-state index in [1.54, 1.807) is 44.6 Å². The molecular weight excluding hydrogens is 441 g/mol. The molecule has 0 radical (unpaired) electrons. The van der Waals surface area contributed by atoms with Gasteiger partial charge in [0.05, 0.1) is 25.7 Å². The van der Waals surface area contributed by atoms with Gasteiger partial charge >= 0.3 is 0 Å². The van der Waals surface area contributed by atoms with Gasteiger partial charge in [0, 0.05) is 22.9 Å². The number of carbonyl (C=O) groups is 1. The van der Waals surface area contributed by atoms with Gasteiger partial charge < -0.3 is 19.8 Å². The number of anilines is 1. The number of thioether (sulfide) groups is 1. The highest BCUT2D eigenvalue weighted by Crippen LogP contribution is 2.33. The molecule has 3 aromatic carbocycles. The highest BCUT2D eigenvalue weighted by molar-refractivity contribution is 8.00. The van der Waals surface area contributed by atoms with Crippen molar-refractivity contribution in [3.05, 3.63) is 78.6 Å². The van der Waals surface area contributed by atoms with Gasteiger partial charge in [-0.3, -0.25) is 4.79 Å². The summed E-state index contributed by atoms with van der Waals surface area (Å²) < 4.78 is 23.8. The minimum atomic E-state index is -0.310. The lowest BCUT2D eigenvalue weighted by Gasteiger charge is -2.10. The number of carbonyl (C=O) groups excluding carboxylic acids is 1. The smallest absolute Gasteiger partial charge is 0.234 e. The number of methoxy groups -OCH3 is 2. The third-order valence-corrected chi connectivity index (χ3v) is 5.83. The standard InChI is InChI=1S/C25H22FN3O3S/c1-31-20-13-12-19(14-21(20)32-2)27-22(30)15-33-25-23(16-6-4-3-5-7-16)28-24(29-25)17-8-10-18(26)11-9-17/h3-14H,15H2,1-2H3,(H,27,30)(H,28,29). The molecule has 1 heterocycles. The van der Waals surface area contributed by atoms with Gasteiger partial charge in [0.1, 0.15) is 16.7 Å². The van der Waals surface area contributed by atoms with Crippen LogP contribution < -0.4 is 14.8 Å². The van der Waals surface area contributed by atoms with Crippen molar-refractivity contribution in [2.75, 3.05) is 25.3 Å². The van der Waals surface area contributed by atoms with Crippen LogP contribution in [0.15, 0.2) is 77.8 Å². The summed E-state index contributed by atoms with van der Waals surface area (Å²) >= 11 is 1.32. The molecule has 1 aromatic heterocycles. The molecule has 0 aliphatic rings. The zero-order valence-electron chi connectivity index (χ0n) is 18.1. The molecule has 0 aliphatic heterocycles. The van der Waals surface area contributed by atoms with E-state index in [0.29, 0.717) is 28.0 Å². The molecular formula is C25H22FN3O3S. The fourth-order valence-corrected chi connectivity index (χ4v) is 4.06. The summed E-state index contributed by atoms with van der Waals surface area (Å²) in [4.78, 5) is 20.6. The van der Waals surface area contributed by atoms with E-state index in [4.69, 9.17) is 9.47 Å². The molecule has 0 bridgehead atoms. The SMILES string of the molecule is COc1ccc(NC(=O)CSc2nc(-c3ccc(F)cc3)[nH]c2-c2ccccc2)cc1OC. The Kier molecular flexibility index (Phi) is 6.95. The lowest BCUT2D eigenvalue weighted by molar-refractivity contribution is -0.113. The average molecular weight is 464 g/mol. The van der Waals surface area contributed by atoms with Gasteiger partial charge in [0.2, 0.25) is 5.91 Å². The molecule has 2 N–H and O–H groups in total. The number of halogens is 1. The van der Waals surface area contributed by atoms with Crippen molar-refractivity contribution in [3.63, 3.8) is 0 Å². The molecule has 4 aromatic rings. The Labute approximate surface area is 195 Å². The number of ether oxygens (including phenoxy) is 2. The first kappa shape index (κ1) is 22.4. The fourth-order valence-electron chi connectivity index (χ4n) is 3.25. The number of rotatable bonds is 8. The molecule has 0 saturated heterocycles. The summed E-state index contributed by atoms with van der Waals surface area (Å²) in [6.07, 6.45) is 0. The topological polar surface area (TPSA) is 76.2 Å². The number of nitrogens with one attached hydrogen (secondary N) is 2. The second-order valence-corrected chi connectivity index (χ2v) is 8.01. The lowest BCUT2D eigenvalue weighted by Crippen LogP contribution is -2.14. The predicted octanol–water partition coefficient (Wildman–Crippen LogP) is 5.63. The Balaban J connectivity index is 1.53. The minimum absolute atomic E-state index is 0.155. The van der Waals surface area contributed by atoms with E-state index in [0.717, 1.165) is 16.8 Å². The number of nitrogens with zero attached hydrogens (tertiary/aromatic N) is 1.